The molecule has 4 rings (SSSR count). The number of hydrogen-bond acceptors (Lipinski definition) is 5. The number of carbonyl (C=O) groups excluding carboxylic acids is 2. The maximum Gasteiger partial charge on any atom is 0.354 e. The van der Waals surface area contributed by atoms with Gasteiger partial charge in [-0.2, -0.15) is 0 Å². The number of methoxy groups -OCH3 is 1. The van der Waals surface area contributed by atoms with Crippen molar-refractivity contribution in [3.05, 3.63) is 82.1 Å². The Bertz CT molecular complexity index is 1370. The van der Waals surface area contributed by atoms with E-state index in [1.807, 2.05) is 12.1 Å². The molecule has 7 nitrogen and oxygen atoms in total. The van der Waals surface area contributed by atoms with Crippen LogP contribution in [0.1, 0.15) is 20.8 Å². The lowest BCUT2D eigenvalue weighted by atomic mass is 10.2. The van der Waals surface area contributed by atoms with Crippen LogP contribution >= 0.6 is 23.2 Å². The van der Waals surface area contributed by atoms with E-state index in [4.69, 9.17) is 32.7 Å². The van der Waals surface area contributed by atoms with Gasteiger partial charge in [0.1, 0.15) is 11.4 Å². The number of hydrogen-bond donors (Lipinski definition) is 0. The summed E-state index contributed by atoms with van der Waals surface area (Å²) in [6, 6.07) is 15.3. The summed E-state index contributed by atoms with van der Waals surface area (Å²) >= 11 is 11.9. The van der Waals surface area contributed by atoms with Crippen LogP contribution in [0.3, 0.4) is 0 Å². The maximum atomic E-state index is 12.7. The Hall–Kier alpha value is -3.55. The first-order chi connectivity index (χ1) is 15.8. The zero-order valence-electron chi connectivity index (χ0n) is 18.0. The summed E-state index contributed by atoms with van der Waals surface area (Å²) in [7, 11) is 4.79. The number of nitrogens with zero attached hydrogens (tertiary/aromatic N) is 3. The van der Waals surface area contributed by atoms with Crippen LogP contribution in [0.25, 0.3) is 10.9 Å². The van der Waals surface area contributed by atoms with Crippen molar-refractivity contribution in [2.45, 2.75) is 0 Å². The van der Waals surface area contributed by atoms with Crippen LogP contribution < -0.4 is 9.64 Å². The molecule has 33 heavy (non-hydrogen) atoms. The van der Waals surface area contributed by atoms with Gasteiger partial charge >= 0.3 is 5.97 Å². The summed E-state index contributed by atoms with van der Waals surface area (Å²) in [6.45, 7) is 0. The van der Waals surface area contributed by atoms with Crippen LogP contribution in [0.5, 0.6) is 11.6 Å². The molecular formula is C24H19Cl2N3O4. The van der Waals surface area contributed by atoms with E-state index in [-0.39, 0.29) is 5.91 Å². The second-order valence-corrected chi connectivity index (χ2v) is 8.06. The van der Waals surface area contributed by atoms with Gasteiger partial charge in [0.2, 0.25) is 5.88 Å². The van der Waals surface area contributed by atoms with Crippen molar-refractivity contribution in [2.24, 2.45) is 7.05 Å². The monoisotopic (exact) mass is 483 g/mol. The summed E-state index contributed by atoms with van der Waals surface area (Å²) in [4.78, 5) is 30.4. The van der Waals surface area contributed by atoms with Gasteiger partial charge in [-0.1, -0.05) is 23.2 Å². The molecule has 0 saturated carbocycles. The molecule has 2 aromatic carbocycles. The third kappa shape index (κ3) is 4.51. The minimum Gasteiger partial charge on any atom is -0.464 e. The number of aromatic nitrogens is 2. The van der Waals surface area contributed by atoms with Gasteiger partial charge < -0.3 is 18.9 Å². The quantitative estimate of drug-likeness (QED) is 0.338. The molecule has 0 spiro atoms. The molecule has 0 unspecified atom stereocenters. The van der Waals surface area contributed by atoms with Gasteiger partial charge in [0.15, 0.2) is 0 Å². The normalized spacial score (nSPS) is 10.8. The van der Waals surface area contributed by atoms with Gasteiger partial charge in [-0.25, -0.2) is 9.78 Å². The highest BCUT2D eigenvalue weighted by atomic mass is 35.5. The highest BCUT2D eigenvalue weighted by molar-refractivity contribution is 6.42. The average Bonchev–Trinajstić information content (AvgIpc) is 3.15. The molecule has 2 aromatic heterocycles. The molecule has 0 radical (unpaired) electrons. The molecule has 0 aliphatic rings. The predicted molar refractivity (Wildman–Crippen MR) is 128 cm³/mol. The van der Waals surface area contributed by atoms with Crippen LogP contribution in [0, 0.1) is 0 Å². The largest absolute Gasteiger partial charge is 0.464 e. The molecule has 0 aliphatic heterocycles. The van der Waals surface area contributed by atoms with Crippen molar-refractivity contribution >= 4 is 51.7 Å². The average molecular weight is 484 g/mol. The number of carbonyl (C=O) groups is 2. The zero-order chi connectivity index (χ0) is 23.7. The minimum absolute atomic E-state index is 0.250. The van der Waals surface area contributed by atoms with Crippen molar-refractivity contribution < 1.29 is 19.1 Å². The van der Waals surface area contributed by atoms with Gasteiger partial charge in [0.25, 0.3) is 5.91 Å². The van der Waals surface area contributed by atoms with Gasteiger partial charge in [-0.05, 0) is 48.5 Å². The van der Waals surface area contributed by atoms with Crippen molar-refractivity contribution in [3.63, 3.8) is 0 Å². The second-order valence-electron chi connectivity index (χ2n) is 7.25. The number of fused-ring (bicyclic) bond motifs is 1. The number of ether oxygens (including phenoxy) is 2. The van der Waals surface area contributed by atoms with Crippen molar-refractivity contribution in [1.82, 2.24) is 9.55 Å². The predicted octanol–water partition coefficient (Wildman–Crippen LogP) is 5.74. The fourth-order valence-electron chi connectivity index (χ4n) is 3.38. The van der Waals surface area contributed by atoms with Crippen LogP contribution in [0.4, 0.5) is 5.69 Å². The van der Waals surface area contributed by atoms with E-state index in [1.54, 1.807) is 61.3 Å². The third-order valence-corrected chi connectivity index (χ3v) is 5.95. The van der Waals surface area contributed by atoms with Crippen molar-refractivity contribution in [3.8, 4) is 11.6 Å². The van der Waals surface area contributed by atoms with Crippen LogP contribution in [0.15, 0.2) is 60.8 Å². The summed E-state index contributed by atoms with van der Waals surface area (Å²) in [5.74, 6) is 0.260. The van der Waals surface area contributed by atoms with E-state index >= 15 is 0 Å². The molecule has 168 valence electrons. The fourth-order valence-corrected chi connectivity index (χ4v) is 3.68. The molecule has 4 aromatic rings. The Morgan fingerprint density at radius 1 is 1.00 bits per heavy atom. The maximum absolute atomic E-state index is 12.7. The smallest absolute Gasteiger partial charge is 0.354 e. The molecule has 1 amide bonds. The first-order valence-electron chi connectivity index (χ1n) is 9.83. The first-order valence-corrected chi connectivity index (χ1v) is 10.6. The molecule has 0 saturated heterocycles. The Labute approximate surface area is 200 Å². The Morgan fingerprint density at radius 3 is 2.45 bits per heavy atom. The molecule has 0 fully saturated rings. The lowest BCUT2D eigenvalue weighted by molar-refractivity contribution is 0.0590. The van der Waals surface area contributed by atoms with Crippen LogP contribution in [-0.4, -0.2) is 35.6 Å². The van der Waals surface area contributed by atoms with E-state index in [9.17, 15) is 9.59 Å². The van der Waals surface area contributed by atoms with E-state index in [0.29, 0.717) is 38.6 Å². The number of rotatable bonds is 5. The molecule has 2 heterocycles. The number of amides is 1. The topological polar surface area (TPSA) is 73.7 Å². The highest BCUT2D eigenvalue weighted by Gasteiger charge is 2.16. The standard InChI is InChI=1S/C24H19Cl2N3O4/c1-28(23(30)14-4-7-18(25)19(26)11-14)16-5-9-22(27-13-16)33-17-6-8-20-15(10-17)12-21(29(20)2)24(31)32-3/h4-13H,1-3H3. The minimum atomic E-state index is -0.409. The molecule has 0 bridgehead atoms. The van der Waals surface area contributed by atoms with Gasteiger partial charge in [-0.3, -0.25) is 4.79 Å². The van der Waals surface area contributed by atoms with Crippen LogP contribution in [-0.2, 0) is 11.8 Å². The summed E-state index contributed by atoms with van der Waals surface area (Å²) in [5.41, 5.74) is 2.31. The van der Waals surface area contributed by atoms with Crippen molar-refractivity contribution in [1.29, 1.82) is 0 Å². The van der Waals surface area contributed by atoms with E-state index < -0.39 is 5.97 Å². The number of esters is 1. The summed E-state index contributed by atoms with van der Waals surface area (Å²) < 4.78 is 12.4. The Morgan fingerprint density at radius 2 is 1.79 bits per heavy atom. The highest BCUT2D eigenvalue weighted by Crippen LogP contribution is 2.28. The fraction of sp³-hybridized carbons (Fsp3) is 0.125. The number of pyridine rings is 1. The lowest BCUT2D eigenvalue weighted by Gasteiger charge is -2.17. The number of anilines is 1. The van der Waals surface area contributed by atoms with Gasteiger partial charge in [0, 0.05) is 36.6 Å². The SMILES string of the molecule is COC(=O)c1cc2cc(Oc3ccc(N(C)C(=O)c4ccc(Cl)c(Cl)c4)cn3)ccc2n1C. The number of halogens is 2. The van der Waals surface area contributed by atoms with Gasteiger partial charge in [0.05, 0.1) is 29.0 Å². The summed E-state index contributed by atoms with van der Waals surface area (Å²) in [5, 5.41) is 1.53. The number of benzene rings is 2. The Balaban J connectivity index is 1.51. The number of aryl methyl sites for hydroxylation is 1. The molecule has 0 aliphatic carbocycles. The van der Waals surface area contributed by atoms with E-state index in [0.717, 1.165) is 10.9 Å². The van der Waals surface area contributed by atoms with E-state index in [2.05, 4.69) is 4.98 Å². The van der Waals surface area contributed by atoms with Crippen molar-refractivity contribution in [2.75, 3.05) is 19.1 Å². The van der Waals surface area contributed by atoms with Crippen LogP contribution in [0.2, 0.25) is 10.0 Å². The first kappa shape index (κ1) is 22.6. The lowest BCUT2D eigenvalue weighted by Crippen LogP contribution is -2.26. The molecular weight excluding hydrogens is 465 g/mol. The third-order valence-electron chi connectivity index (χ3n) is 5.21. The molecule has 9 heteroatoms. The molecule has 0 atom stereocenters. The zero-order valence-corrected chi connectivity index (χ0v) is 19.5. The molecule has 0 N–H and O–H groups in total. The Kier molecular flexibility index (Phi) is 6.26. The summed E-state index contributed by atoms with van der Waals surface area (Å²) in [6.07, 6.45) is 1.54. The van der Waals surface area contributed by atoms with E-state index in [1.165, 1.54) is 18.1 Å². The second kappa shape index (κ2) is 9.13. The van der Waals surface area contributed by atoms with Gasteiger partial charge in [-0.15, -0.1) is 0 Å².